The van der Waals surface area contributed by atoms with Crippen molar-refractivity contribution in [3.63, 3.8) is 0 Å². The standard InChI is InChI=1S/C25H34N6O3/c1-14-11-15(2)22(16(3)12-14)29-21(32)10-9-19-17(4)27-23-28-20(30-31(23)18(19)5)13-26-24(33)34-25(6,7)8/h11-12H,9-10,13H2,1-8H3,(H,26,33)(H,29,32). The minimum absolute atomic E-state index is 0.0465. The molecule has 1 aromatic carbocycles. The fraction of sp³-hybridized carbons (Fsp3) is 0.480. The number of hydrogen-bond acceptors (Lipinski definition) is 6. The second-order valence-electron chi connectivity index (χ2n) is 9.68. The van der Waals surface area contributed by atoms with Gasteiger partial charge in [-0.05, 0) is 78.5 Å². The topological polar surface area (TPSA) is 111 Å². The summed E-state index contributed by atoms with van der Waals surface area (Å²) in [6.45, 7) is 15.4. The molecule has 3 rings (SSSR count). The average molecular weight is 467 g/mol. The molecule has 0 spiro atoms. The quantitative estimate of drug-likeness (QED) is 0.562. The van der Waals surface area contributed by atoms with Crippen molar-refractivity contribution < 1.29 is 14.3 Å². The van der Waals surface area contributed by atoms with E-state index >= 15 is 0 Å². The highest BCUT2D eigenvalue weighted by molar-refractivity contribution is 5.92. The first-order valence-electron chi connectivity index (χ1n) is 11.4. The summed E-state index contributed by atoms with van der Waals surface area (Å²) in [4.78, 5) is 33.6. The Bertz CT molecular complexity index is 1220. The van der Waals surface area contributed by atoms with Crippen LogP contribution >= 0.6 is 0 Å². The molecule has 2 N–H and O–H groups in total. The van der Waals surface area contributed by atoms with E-state index in [-0.39, 0.29) is 12.5 Å². The normalized spacial score (nSPS) is 11.5. The number of ether oxygens (including phenoxy) is 1. The van der Waals surface area contributed by atoms with Crippen molar-refractivity contribution in [2.24, 2.45) is 0 Å². The van der Waals surface area contributed by atoms with Gasteiger partial charge in [-0.2, -0.15) is 4.98 Å². The van der Waals surface area contributed by atoms with Crippen LogP contribution in [0.5, 0.6) is 0 Å². The molecule has 0 fully saturated rings. The first-order chi connectivity index (χ1) is 15.8. The Morgan fingerprint density at radius 1 is 1.03 bits per heavy atom. The van der Waals surface area contributed by atoms with Gasteiger partial charge in [-0.15, -0.1) is 5.10 Å². The van der Waals surface area contributed by atoms with Crippen molar-refractivity contribution >= 4 is 23.5 Å². The number of hydrogen-bond donors (Lipinski definition) is 2. The molecule has 0 aliphatic rings. The highest BCUT2D eigenvalue weighted by atomic mass is 16.6. The summed E-state index contributed by atoms with van der Waals surface area (Å²) in [5.41, 5.74) is 6.20. The van der Waals surface area contributed by atoms with Crippen LogP contribution in [0, 0.1) is 34.6 Å². The third kappa shape index (κ3) is 6.09. The lowest BCUT2D eigenvalue weighted by Gasteiger charge is -2.19. The molecule has 0 aliphatic heterocycles. The van der Waals surface area contributed by atoms with E-state index in [9.17, 15) is 9.59 Å². The number of carbonyl (C=O) groups excluding carboxylic acids is 2. The van der Waals surface area contributed by atoms with Gasteiger partial charge >= 0.3 is 6.09 Å². The van der Waals surface area contributed by atoms with Gasteiger partial charge in [0.05, 0.1) is 6.54 Å². The Kier molecular flexibility index (Phi) is 7.24. The van der Waals surface area contributed by atoms with Crippen molar-refractivity contribution in [1.29, 1.82) is 0 Å². The van der Waals surface area contributed by atoms with Crippen LogP contribution in [0.15, 0.2) is 12.1 Å². The summed E-state index contributed by atoms with van der Waals surface area (Å²) in [7, 11) is 0. The van der Waals surface area contributed by atoms with E-state index in [1.807, 2.05) is 34.6 Å². The zero-order chi connectivity index (χ0) is 25.2. The number of amides is 2. The molecule has 9 nitrogen and oxygen atoms in total. The predicted molar refractivity (Wildman–Crippen MR) is 131 cm³/mol. The minimum atomic E-state index is -0.580. The first-order valence-corrected chi connectivity index (χ1v) is 11.4. The SMILES string of the molecule is Cc1cc(C)c(NC(=O)CCc2c(C)nc3nc(CNC(=O)OC(C)(C)C)nn3c2C)c(C)c1. The van der Waals surface area contributed by atoms with Gasteiger partial charge in [0.1, 0.15) is 5.60 Å². The highest BCUT2D eigenvalue weighted by Gasteiger charge is 2.18. The summed E-state index contributed by atoms with van der Waals surface area (Å²) in [6.07, 6.45) is 0.323. The smallest absolute Gasteiger partial charge is 0.408 e. The van der Waals surface area contributed by atoms with Crippen LogP contribution in [0.25, 0.3) is 5.78 Å². The maximum absolute atomic E-state index is 12.7. The molecule has 182 valence electrons. The maximum atomic E-state index is 12.7. The van der Waals surface area contributed by atoms with E-state index in [0.29, 0.717) is 24.4 Å². The Balaban J connectivity index is 1.70. The van der Waals surface area contributed by atoms with Crippen LogP contribution in [0.4, 0.5) is 10.5 Å². The second-order valence-corrected chi connectivity index (χ2v) is 9.68. The van der Waals surface area contributed by atoms with Crippen molar-refractivity contribution in [3.05, 3.63) is 51.6 Å². The van der Waals surface area contributed by atoms with Gasteiger partial charge in [0, 0.05) is 23.5 Å². The van der Waals surface area contributed by atoms with E-state index in [0.717, 1.165) is 33.8 Å². The predicted octanol–water partition coefficient (Wildman–Crippen LogP) is 4.26. The molecule has 0 saturated carbocycles. The number of fused-ring (bicyclic) bond motifs is 1. The van der Waals surface area contributed by atoms with Crippen LogP contribution in [-0.2, 0) is 22.5 Å². The second kappa shape index (κ2) is 9.79. The summed E-state index contributed by atoms with van der Waals surface area (Å²) < 4.78 is 6.90. The van der Waals surface area contributed by atoms with Gasteiger partial charge < -0.3 is 15.4 Å². The molecule has 0 atom stereocenters. The Morgan fingerprint density at radius 3 is 2.29 bits per heavy atom. The van der Waals surface area contributed by atoms with E-state index in [1.165, 1.54) is 5.56 Å². The van der Waals surface area contributed by atoms with Crippen molar-refractivity contribution in [1.82, 2.24) is 24.9 Å². The lowest BCUT2D eigenvalue weighted by atomic mass is 10.0. The molecule has 0 saturated heterocycles. The van der Waals surface area contributed by atoms with Gasteiger partial charge in [0.25, 0.3) is 5.78 Å². The third-order valence-electron chi connectivity index (χ3n) is 5.43. The molecule has 0 radical (unpaired) electrons. The Labute approximate surface area is 200 Å². The van der Waals surface area contributed by atoms with Crippen LogP contribution in [0.2, 0.25) is 0 Å². The fourth-order valence-corrected chi connectivity index (χ4v) is 3.97. The number of aryl methyl sites for hydroxylation is 5. The molecule has 34 heavy (non-hydrogen) atoms. The van der Waals surface area contributed by atoms with E-state index < -0.39 is 11.7 Å². The van der Waals surface area contributed by atoms with E-state index in [4.69, 9.17) is 4.74 Å². The Morgan fingerprint density at radius 2 is 1.68 bits per heavy atom. The van der Waals surface area contributed by atoms with Gasteiger partial charge in [-0.3, -0.25) is 4.79 Å². The molecule has 2 aromatic heterocycles. The number of nitrogens with zero attached hydrogens (tertiary/aromatic N) is 4. The van der Waals surface area contributed by atoms with Crippen molar-refractivity contribution in [2.75, 3.05) is 5.32 Å². The van der Waals surface area contributed by atoms with Gasteiger partial charge in [-0.1, -0.05) is 17.7 Å². The van der Waals surface area contributed by atoms with Crippen LogP contribution in [0.1, 0.15) is 66.7 Å². The summed E-state index contributed by atoms with van der Waals surface area (Å²) in [6, 6.07) is 4.13. The molecule has 2 heterocycles. The van der Waals surface area contributed by atoms with Crippen LogP contribution in [-0.4, -0.2) is 37.2 Å². The summed E-state index contributed by atoms with van der Waals surface area (Å²) in [5.74, 6) is 0.839. The number of alkyl carbamates (subject to hydrolysis) is 1. The number of rotatable bonds is 6. The molecule has 3 aromatic rings. The molecule has 9 heteroatoms. The van der Waals surface area contributed by atoms with Gasteiger partial charge in [0.15, 0.2) is 5.82 Å². The largest absolute Gasteiger partial charge is 0.444 e. The number of carbonyl (C=O) groups is 2. The van der Waals surface area contributed by atoms with Gasteiger partial charge in [0.2, 0.25) is 5.91 Å². The molecule has 0 unspecified atom stereocenters. The fourth-order valence-electron chi connectivity index (χ4n) is 3.97. The van der Waals surface area contributed by atoms with Gasteiger partial charge in [-0.25, -0.2) is 14.3 Å². The zero-order valence-electron chi connectivity index (χ0n) is 21.3. The summed E-state index contributed by atoms with van der Waals surface area (Å²) >= 11 is 0. The monoisotopic (exact) mass is 466 g/mol. The number of nitrogens with one attached hydrogen (secondary N) is 2. The lowest BCUT2D eigenvalue weighted by Crippen LogP contribution is -2.32. The molecular weight excluding hydrogens is 432 g/mol. The van der Waals surface area contributed by atoms with Crippen molar-refractivity contribution in [2.45, 2.75) is 80.4 Å². The lowest BCUT2D eigenvalue weighted by molar-refractivity contribution is -0.116. The molecular formula is C25H34N6O3. The van der Waals surface area contributed by atoms with Crippen LogP contribution in [0.3, 0.4) is 0 Å². The maximum Gasteiger partial charge on any atom is 0.408 e. The highest BCUT2D eigenvalue weighted by Crippen LogP contribution is 2.23. The third-order valence-corrected chi connectivity index (χ3v) is 5.43. The average Bonchev–Trinajstić information content (AvgIpc) is 3.10. The minimum Gasteiger partial charge on any atom is -0.444 e. The van der Waals surface area contributed by atoms with E-state index in [2.05, 4.69) is 37.8 Å². The summed E-state index contributed by atoms with van der Waals surface area (Å²) in [5, 5.41) is 10.2. The van der Waals surface area contributed by atoms with Crippen LogP contribution < -0.4 is 10.6 Å². The first kappa shape index (κ1) is 25.1. The number of benzene rings is 1. The van der Waals surface area contributed by atoms with Crippen molar-refractivity contribution in [3.8, 4) is 0 Å². The molecule has 0 bridgehead atoms. The van der Waals surface area contributed by atoms with E-state index in [1.54, 1.807) is 25.3 Å². The molecule has 0 aliphatic carbocycles. The number of anilines is 1. The molecule has 2 amide bonds. The Hall–Kier alpha value is -3.49. The zero-order valence-corrected chi connectivity index (χ0v) is 21.3. The number of aromatic nitrogens is 4.